The Hall–Kier alpha value is -2.24. The summed E-state index contributed by atoms with van der Waals surface area (Å²) in [4.78, 5) is 28.3. The summed E-state index contributed by atoms with van der Waals surface area (Å²) in [6.07, 6.45) is 6.87. The molecule has 2 aromatic rings. The molecule has 0 unspecified atom stereocenters. The highest BCUT2D eigenvalue weighted by Gasteiger charge is 2.30. The predicted molar refractivity (Wildman–Crippen MR) is 142 cm³/mol. The van der Waals surface area contributed by atoms with Crippen molar-refractivity contribution in [3.63, 3.8) is 0 Å². The van der Waals surface area contributed by atoms with Gasteiger partial charge in [0.15, 0.2) is 0 Å². The first-order valence-corrected chi connectivity index (χ1v) is 13.4. The Morgan fingerprint density at radius 1 is 1.06 bits per heavy atom. The molecule has 1 N–H and O–H groups in total. The number of amides is 2. The van der Waals surface area contributed by atoms with Gasteiger partial charge in [0.05, 0.1) is 16.7 Å². The highest BCUT2D eigenvalue weighted by atomic mass is 35.5. The van der Waals surface area contributed by atoms with Crippen LogP contribution in [0.2, 0.25) is 10.0 Å². The standard InChI is InChI=1S/C28H36Cl2N2O3/c1-3-26(28(34)31-22-8-5-4-6-9-22)32(19-21-13-16-24(29)25(30)18-21)27(33)10-7-17-35-23-14-11-20(2)12-15-23/h11-16,18,22,26H,3-10,17,19H2,1-2H3,(H,31,34)/t26-/m1/s1. The van der Waals surface area contributed by atoms with Crippen LogP contribution in [0.5, 0.6) is 5.75 Å². The Morgan fingerprint density at radius 2 is 1.77 bits per heavy atom. The number of aryl methyl sites for hydroxylation is 1. The van der Waals surface area contributed by atoms with Crippen LogP contribution in [0.25, 0.3) is 0 Å². The summed E-state index contributed by atoms with van der Waals surface area (Å²) in [6, 6.07) is 12.8. The minimum absolute atomic E-state index is 0.0748. The van der Waals surface area contributed by atoms with Gasteiger partial charge >= 0.3 is 0 Å². The number of benzene rings is 2. The zero-order chi connectivity index (χ0) is 25.2. The van der Waals surface area contributed by atoms with Crippen LogP contribution < -0.4 is 10.1 Å². The molecule has 5 nitrogen and oxygen atoms in total. The Morgan fingerprint density at radius 3 is 2.43 bits per heavy atom. The lowest BCUT2D eigenvalue weighted by atomic mass is 9.95. The van der Waals surface area contributed by atoms with E-state index in [1.165, 1.54) is 12.0 Å². The van der Waals surface area contributed by atoms with Crippen molar-refractivity contribution in [3.05, 3.63) is 63.6 Å². The average molecular weight is 520 g/mol. The highest BCUT2D eigenvalue weighted by Crippen LogP contribution is 2.25. The second-order valence-corrected chi connectivity index (χ2v) is 10.1. The molecule has 35 heavy (non-hydrogen) atoms. The van der Waals surface area contributed by atoms with E-state index in [0.29, 0.717) is 42.5 Å². The quantitative estimate of drug-likeness (QED) is 0.336. The minimum Gasteiger partial charge on any atom is -0.494 e. The van der Waals surface area contributed by atoms with Crippen molar-refractivity contribution in [2.45, 2.75) is 83.8 Å². The third-order valence-electron chi connectivity index (χ3n) is 6.50. The fraction of sp³-hybridized carbons (Fsp3) is 0.500. The maximum Gasteiger partial charge on any atom is 0.243 e. The predicted octanol–water partition coefficient (Wildman–Crippen LogP) is 6.72. The van der Waals surface area contributed by atoms with E-state index < -0.39 is 6.04 Å². The van der Waals surface area contributed by atoms with E-state index >= 15 is 0 Å². The molecule has 0 spiro atoms. The lowest BCUT2D eigenvalue weighted by Gasteiger charge is -2.33. The number of halogens is 2. The molecule has 1 atom stereocenters. The molecule has 0 bridgehead atoms. The van der Waals surface area contributed by atoms with Crippen molar-refractivity contribution >= 4 is 35.0 Å². The molecule has 0 aromatic heterocycles. The van der Waals surface area contributed by atoms with E-state index in [2.05, 4.69) is 5.32 Å². The molecule has 0 aliphatic heterocycles. The minimum atomic E-state index is -0.545. The van der Waals surface area contributed by atoms with Gasteiger partial charge in [0.25, 0.3) is 0 Å². The van der Waals surface area contributed by atoms with Gasteiger partial charge in [-0.25, -0.2) is 0 Å². The summed E-state index contributed by atoms with van der Waals surface area (Å²) in [5, 5.41) is 4.09. The number of rotatable bonds is 11. The molecule has 3 rings (SSSR count). The van der Waals surface area contributed by atoms with Crippen molar-refractivity contribution in [1.82, 2.24) is 10.2 Å². The normalized spacial score (nSPS) is 14.9. The van der Waals surface area contributed by atoms with Crippen molar-refractivity contribution in [3.8, 4) is 5.75 Å². The fourth-order valence-electron chi connectivity index (χ4n) is 4.49. The van der Waals surface area contributed by atoms with E-state index in [-0.39, 0.29) is 17.9 Å². The molecule has 190 valence electrons. The van der Waals surface area contributed by atoms with Gasteiger partial charge in [0.1, 0.15) is 11.8 Å². The number of carbonyl (C=O) groups excluding carboxylic acids is 2. The summed E-state index contributed by atoms with van der Waals surface area (Å²) in [6.45, 7) is 4.70. The van der Waals surface area contributed by atoms with Crippen molar-refractivity contribution in [2.24, 2.45) is 0 Å². The SMILES string of the molecule is CC[C@H](C(=O)NC1CCCCC1)N(Cc1ccc(Cl)c(Cl)c1)C(=O)CCCOc1ccc(C)cc1. The lowest BCUT2D eigenvalue weighted by Crippen LogP contribution is -2.51. The molecule has 7 heteroatoms. The van der Waals surface area contributed by atoms with Crippen LogP contribution in [-0.2, 0) is 16.1 Å². The van der Waals surface area contributed by atoms with Crippen molar-refractivity contribution in [2.75, 3.05) is 6.61 Å². The number of carbonyl (C=O) groups is 2. The van der Waals surface area contributed by atoms with E-state index in [1.54, 1.807) is 17.0 Å². The Labute approximate surface area is 219 Å². The summed E-state index contributed by atoms with van der Waals surface area (Å²) in [5.74, 6) is 0.631. The number of ether oxygens (including phenoxy) is 1. The van der Waals surface area contributed by atoms with Crippen LogP contribution in [0.15, 0.2) is 42.5 Å². The fourth-order valence-corrected chi connectivity index (χ4v) is 4.81. The first kappa shape index (κ1) is 27.3. The molecular weight excluding hydrogens is 483 g/mol. The van der Waals surface area contributed by atoms with Gasteiger partial charge < -0.3 is 15.0 Å². The lowest BCUT2D eigenvalue weighted by molar-refractivity contribution is -0.142. The first-order valence-electron chi connectivity index (χ1n) is 12.6. The summed E-state index contributed by atoms with van der Waals surface area (Å²) in [7, 11) is 0. The zero-order valence-electron chi connectivity index (χ0n) is 20.7. The van der Waals surface area contributed by atoms with Crippen LogP contribution in [-0.4, -0.2) is 35.4 Å². The highest BCUT2D eigenvalue weighted by molar-refractivity contribution is 6.42. The molecule has 1 aliphatic carbocycles. The molecule has 1 aliphatic rings. The molecule has 0 saturated heterocycles. The van der Waals surface area contributed by atoms with Gasteiger partial charge in [-0.15, -0.1) is 0 Å². The summed E-state index contributed by atoms with van der Waals surface area (Å²) < 4.78 is 5.79. The first-order chi connectivity index (χ1) is 16.9. The zero-order valence-corrected chi connectivity index (χ0v) is 22.2. The van der Waals surface area contributed by atoms with Gasteiger partial charge in [-0.05, 0) is 62.4 Å². The van der Waals surface area contributed by atoms with E-state index in [9.17, 15) is 9.59 Å². The molecule has 0 radical (unpaired) electrons. The van der Waals surface area contributed by atoms with Crippen molar-refractivity contribution in [1.29, 1.82) is 0 Å². The van der Waals surface area contributed by atoms with Crippen LogP contribution in [0.1, 0.15) is 69.4 Å². The molecule has 2 aromatic carbocycles. The Kier molecular flexibility index (Phi) is 10.7. The number of hydrogen-bond donors (Lipinski definition) is 1. The van der Waals surface area contributed by atoms with E-state index in [0.717, 1.165) is 37.0 Å². The maximum absolute atomic E-state index is 13.4. The van der Waals surface area contributed by atoms with Gasteiger partial charge in [-0.3, -0.25) is 9.59 Å². The summed E-state index contributed by atoms with van der Waals surface area (Å²) >= 11 is 12.3. The molecule has 2 amide bonds. The van der Waals surface area contributed by atoms with Gasteiger partial charge in [0.2, 0.25) is 11.8 Å². The smallest absolute Gasteiger partial charge is 0.243 e. The topological polar surface area (TPSA) is 58.6 Å². The molecule has 1 saturated carbocycles. The number of nitrogens with one attached hydrogen (secondary N) is 1. The Balaban J connectivity index is 1.67. The monoisotopic (exact) mass is 518 g/mol. The summed E-state index contributed by atoms with van der Waals surface area (Å²) in [5.41, 5.74) is 2.01. The van der Waals surface area contributed by atoms with E-state index in [1.807, 2.05) is 44.2 Å². The molecule has 0 heterocycles. The van der Waals surface area contributed by atoms with Gasteiger partial charge in [-0.2, -0.15) is 0 Å². The average Bonchev–Trinajstić information content (AvgIpc) is 2.85. The van der Waals surface area contributed by atoms with Gasteiger partial charge in [-0.1, -0.05) is 73.2 Å². The van der Waals surface area contributed by atoms with Gasteiger partial charge in [0, 0.05) is 19.0 Å². The largest absolute Gasteiger partial charge is 0.494 e. The van der Waals surface area contributed by atoms with Crippen molar-refractivity contribution < 1.29 is 14.3 Å². The van der Waals surface area contributed by atoms with Crippen LogP contribution in [0.3, 0.4) is 0 Å². The second-order valence-electron chi connectivity index (χ2n) is 9.30. The second kappa shape index (κ2) is 13.7. The van der Waals surface area contributed by atoms with Crippen LogP contribution in [0, 0.1) is 6.92 Å². The van der Waals surface area contributed by atoms with Crippen LogP contribution >= 0.6 is 23.2 Å². The third-order valence-corrected chi connectivity index (χ3v) is 7.24. The Bertz CT molecular complexity index is 975. The molecule has 1 fully saturated rings. The maximum atomic E-state index is 13.4. The third kappa shape index (κ3) is 8.43. The van der Waals surface area contributed by atoms with E-state index in [4.69, 9.17) is 27.9 Å². The number of hydrogen-bond acceptors (Lipinski definition) is 3. The molecular formula is C28H36Cl2N2O3. The number of nitrogens with zero attached hydrogens (tertiary/aromatic N) is 1. The van der Waals surface area contributed by atoms with Crippen LogP contribution in [0.4, 0.5) is 0 Å².